The first kappa shape index (κ1) is 22.6. The van der Waals surface area contributed by atoms with E-state index in [1.807, 2.05) is 0 Å². The fourth-order valence-corrected chi connectivity index (χ4v) is 2.75. The Hall–Kier alpha value is -3.10. The van der Waals surface area contributed by atoms with Gasteiger partial charge in [-0.2, -0.15) is 4.90 Å². The number of imide groups is 1. The monoisotopic (exact) mass is 430 g/mol. The molecule has 166 valence electrons. The van der Waals surface area contributed by atoms with Gasteiger partial charge >= 0.3 is 12.2 Å². The third-order valence-corrected chi connectivity index (χ3v) is 4.11. The van der Waals surface area contributed by atoms with E-state index in [4.69, 9.17) is 9.47 Å². The van der Waals surface area contributed by atoms with Crippen molar-refractivity contribution in [2.45, 2.75) is 71.5 Å². The van der Waals surface area contributed by atoms with Crippen LogP contribution in [0.25, 0.3) is 11.3 Å². The van der Waals surface area contributed by atoms with Gasteiger partial charge in [0.1, 0.15) is 17.0 Å². The van der Waals surface area contributed by atoms with E-state index in [0.29, 0.717) is 17.0 Å². The zero-order chi connectivity index (χ0) is 23.0. The van der Waals surface area contributed by atoms with Crippen LogP contribution in [-0.4, -0.2) is 38.3 Å². The Bertz CT molecular complexity index is 966. The fourth-order valence-electron chi connectivity index (χ4n) is 2.75. The van der Waals surface area contributed by atoms with Crippen LogP contribution in [0.3, 0.4) is 0 Å². The molecule has 0 radical (unpaired) electrons. The van der Waals surface area contributed by atoms with E-state index in [9.17, 15) is 14.0 Å². The van der Waals surface area contributed by atoms with E-state index in [1.165, 1.54) is 18.5 Å². The number of aromatic nitrogens is 3. The zero-order valence-corrected chi connectivity index (χ0v) is 18.6. The van der Waals surface area contributed by atoms with Crippen molar-refractivity contribution in [3.8, 4) is 11.3 Å². The molecule has 2 aromatic heterocycles. The van der Waals surface area contributed by atoms with E-state index < -0.39 is 29.2 Å². The number of anilines is 1. The summed E-state index contributed by atoms with van der Waals surface area (Å²) in [6, 6.07) is 1.30. The van der Waals surface area contributed by atoms with Crippen LogP contribution < -0.4 is 4.90 Å². The van der Waals surface area contributed by atoms with Gasteiger partial charge in [-0.1, -0.05) is 0 Å². The zero-order valence-electron chi connectivity index (χ0n) is 18.6. The van der Waals surface area contributed by atoms with Gasteiger partial charge in [0.25, 0.3) is 0 Å². The molecule has 1 fully saturated rings. The van der Waals surface area contributed by atoms with Crippen LogP contribution in [0.1, 0.15) is 66.0 Å². The summed E-state index contributed by atoms with van der Waals surface area (Å²) < 4.78 is 24.5. The van der Waals surface area contributed by atoms with Crippen molar-refractivity contribution >= 4 is 18.0 Å². The number of halogens is 1. The second-order valence-electron chi connectivity index (χ2n) is 9.43. The molecule has 0 atom stereocenters. The van der Waals surface area contributed by atoms with Gasteiger partial charge in [-0.25, -0.2) is 23.9 Å². The van der Waals surface area contributed by atoms with Crippen molar-refractivity contribution < 1.29 is 23.5 Å². The van der Waals surface area contributed by atoms with Crippen LogP contribution in [-0.2, 0) is 9.47 Å². The summed E-state index contributed by atoms with van der Waals surface area (Å²) >= 11 is 0. The lowest BCUT2D eigenvalue weighted by molar-refractivity contribution is 0.0428. The van der Waals surface area contributed by atoms with Crippen LogP contribution in [0.15, 0.2) is 24.7 Å². The Balaban J connectivity index is 2.07. The summed E-state index contributed by atoms with van der Waals surface area (Å²) in [5, 5.41) is 0. The van der Waals surface area contributed by atoms with E-state index in [1.54, 1.807) is 41.5 Å². The highest BCUT2D eigenvalue weighted by Gasteiger charge is 2.39. The molecule has 9 heteroatoms. The maximum atomic E-state index is 13.6. The van der Waals surface area contributed by atoms with Gasteiger partial charge in [0.2, 0.25) is 0 Å². The molecule has 2 amide bonds. The number of nitrogens with zero attached hydrogens (tertiary/aromatic N) is 4. The van der Waals surface area contributed by atoms with E-state index >= 15 is 0 Å². The van der Waals surface area contributed by atoms with Crippen molar-refractivity contribution in [3.05, 3.63) is 36.2 Å². The summed E-state index contributed by atoms with van der Waals surface area (Å²) in [7, 11) is 0. The third kappa shape index (κ3) is 5.96. The van der Waals surface area contributed by atoms with Gasteiger partial charge in [-0.05, 0) is 60.5 Å². The molecule has 1 saturated carbocycles. The molecule has 0 unspecified atom stereocenters. The van der Waals surface area contributed by atoms with Crippen molar-refractivity contribution in [2.75, 3.05) is 4.90 Å². The van der Waals surface area contributed by atoms with Gasteiger partial charge < -0.3 is 9.47 Å². The SMILES string of the molecule is CC(C)(C)OC(=O)N(C(=O)OC(C)(C)C)c1ncc(-c2cncc(F)c2)nc1C1CC1. The summed E-state index contributed by atoms with van der Waals surface area (Å²) in [4.78, 5) is 39.5. The van der Waals surface area contributed by atoms with Crippen molar-refractivity contribution in [1.82, 2.24) is 15.0 Å². The number of hydrogen-bond acceptors (Lipinski definition) is 7. The molecule has 0 N–H and O–H groups in total. The molecular weight excluding hydrogens is 403 g/mol. The molecule has 2 heterocycles. The smallest absolute Gasteiger partial charge is 0.425 e. The van der Waals surface area contributed by atoms with E-state index in [0.717, 1.165) is 23.9 Å². The standard InChI is InChI=1S/C22H27FN4O4/c1-21(2,3)30-19(28)27(20(29)31-22(4,5)6)18-17(13-7-8-13)26-16(12-25-18)14-9-15(23)11-24-10-14/h9-13H,7-8H2,1-6H3. The lowest BCUT2D eigenvalue weighted by atomic mass is 10.2. The van der Waals surface area contributed by atoms with Gasteiger partial charge in [-0.15, -0.1) is 0 Å². The first-order valence-corrected chi connectivity index (χ1v) is 10.1. The molecule has 0 spiro atoms. The second-order valence-corrected chi connectivity index (χ2v) is 9.43. The molecule has 8 nitrogen and oxygen atoms in total. The number of hydrogen-bond donors (Lipinski definition) is 0. The lowest BCUT2D eigenvalue weighted by Gasteiger charge is -2.28. The molecule has 2 aromatic rings. The highest BCUT2D eigenvalue weighted by molar-refractivity contribution is 6.09. The highest BCUT2D eigenvalue weighted by atomic mass is 19.1. The summed E-state index contributed by atoms with van der Waals surface area (Å²) in [6.07, 6.45) is 3.81. The van der Waals surface area contributed by atoms with Crippen LogP contribution in [0.5, 0.6) is 0 Å². The Morgan fingerprint density at radius 1 is 1.00 bits per heavy atom. The molecule has 0 aliphatic heterocycles. The van der Waals surface area contributed by atoms with Gasteiger partial charge in [-0.3, -0.25) is 4.98 Å². The first-order chi connectivity index (χ1) is 14.3. The molecular formula is C22H27FN4O4. The van der Waals surface area contributed by atoms with Gasteiger partial charge in [0, 0.05) is 17.7 Å². The fraction of sp³-hybridized carbons (Fsp3) is 0.500. The third-order valence-electron chi connectivity index (χ3n) is 4.11. The van der Waals surface area contributed by atoms with Gasteiger partial charge in [0.05, 0.1) is 23.8 Å². The largest absolute Gasteiger partial charge is 0.443 e. The predicted octanol–water partition coefficient (Wildman–Crippen LogP) is 5.23. The van der Waals surface area contributed by atoms with Crippen molar-refractivity contribution in [2.24, 2.45) is 0 Å². The quantitative estimate of drug-likeness (QED) is 0.658. The van der Waals surface area contributed by atoms with Crippen molar-refractivity contribution in [3.63, 3.8) is 0 Å². The Labute approximate surface area is 180 Å². The predicted molar refractivity (Wildman–Crippen MR) is 112 cm³/mol. The van der Waals surface area contributed by atoms with Crippen molar-refractivity contribution in [1.29, 1.82) is 0 Å². The molecule has 31 heavy (non-hydrogen) atoms. The second kappa shape index (κ2) is 8.20. The summed E-state index contributed by atoms with van der Waals surface area (Å²) in [6.45, 7) is 10.2. The Kier molecular flexibility index (Phi) is 5.98. The molecule has 1 aliphatic carbocycles. The normalized spacial score (nSPS) is 14.2. The molecule has 1 aliphatic rings. The number of amides is 2. The Morgan fingerprint density at radius 3 is 2.06 bits per heavy atom. The highest BCUT2D eigenvalue weighted by Crippen LogP contribution is 2.43. The van der Waals surface area contributed by atoms with Gasteiger partial charge in [0.15, 0.2) is 5.82 Å². The maximum absolute atomic E-state index is 13.6. The van der Waals surface area contributed by atoms with Crippen LogP contribution in [0.4, 0.5) is 19.8 Å². The first-order valence-electron chi connectivity index (χ1n) is 10.1. The Morgan fingerprint density at radius 2 is 1.58 bits per heavy atom. The van der Waals surface area contributed by atoms with Crippen LogP contribution >= 0.6 is 0 Å². The average Bonchev–Trinajstić information content (AvgIpc) is 3.44. The number of pyridine rings is 1. The van der Waals surface area contributed by atoms with E-state index in [-0.39, 0.29) is 11.7 Å². The number of carbonyl (C=O) groups is 2. The number of carbonyl (C=O) groups excluding carboxylic acids is 2. The minimum Gasteiger partial charge on any atom is -0.443 e. The summed E-state index contributed by atoms with van der Waals surface area (Å²) in [5.74, 6) is -0.420. The average molecular weight is 430 g/mol. The van der Waals surface area contributed by atoms with E-state index in [2.05, 4.69) is 15.0 Å². The molecule has 3 rings (SSSR count). The minimum absolute atomic E-state index is 0.0244. The lowest BCUT2D eigenvalue weighted by Crippen LogP contribution is -2.44. The molecule has 0 aromatic carbocycles. The van der Waals surface area contributed by atoms with Crippen LogP contribution in [0.2, 0.25) is 0 Å². The number of rotatable bonds is 3. The maximum Gasteiger partial charge on any atom is 0.425 e. The molecule has 0 saturated heterocycles. The minimum atomic E-state index is -0.905. The number of ether oxygens (including phenoxy) is 2. The topological polar surface area (TPSA) is 94.5 Å². The molecule has 0 bridgehead atoms. The summed E-state index contributed by atoms with van der Waals surface area (Å²) in [5.41, 5.74) is -0.374. The van der Waals surface area contributed by atoms with Crippen LogP contribution in [0, 0.1) is 5.82 Å².